The van der Waals surface area contributed by atoms with Crippen molar-refractivity contribution in [1.29, 1.82) is 0 Å². The molecular formula is C15H20N2O5. The van der Waals surface area contributed by atoms with Gasteiger partial charge in [-0.25, -0.2) is 0 Å². The van der Waals surface area contributed by atoms with E-state index in [1.54, 1.807) is 38.1 Å². The minimum absolute atomic E-state index is 0.210. The van der Waals surface area contributed by atoms with Crippen LogP contribution in [0.3, 0.4) is 0 Å². The van der Waals surface area contributed by atoms with Crippen LogP contribution in [0.5, 0.6) is 5.75 Å². The molecule has 2 amide bonds. The molecule has 0 aliphatic heterocycles. The van der Waals surface area contributed by atoms with Crippen LogP contribution in [0, 0.1) is 0 Å². The number of carbonyl (C=O) groups is 3. The average molecular weight is 308 g/mol. The van der Waals surface area contributed by atoms with Crippen LogP contribution in [-0.2, 0) is 14.4 Å². The van der Waals surface area contributed by atoms with Gasteiger partial charge in [-0.3, -0.25) is 14.4 Å². The zero-order valence-electron chi connectivity index (χ0n) is 12.6. The number of carbonyl (C=O) groups excluding carboxylic acids is 2. The number of carboxylic acid groups (broad SMARTS) is 1. The summed E-state index contributed by atoms with van der Waals surface area (Å²) in [5, 5.41) is 11.2. The summed E-state index contributed by atoms with van der Waals surface area (Å²) in [6.45, 7) is 2.55. The van der Waals surface area contributed by atoms with Gasteiger partial charge in [0.05, 0.1) is 6.54 Å². The molecule has 22 heavy (non-hydrogen) atoms. The van der Waals surface area contributed by atoms with Crippen LogP contribution in [0.2, 0.25) is 0 Å². The fourth-order valence-corrected chi connectivity index (χ4v) is 1.70. The number of ether oxygens (including phenoxy) is 1. The number of benzene rings is 1. The van der Waals surface area contributed by atoms with Gasteiger partial charge in [-0.1, -0.05) is 18.2 Å². The summed E-state index contributed by atoms with van der Waals surface area (Å²) in [4.78, 5) is 35.4. The third-order valence-corrected chi connectivity index (χ3v) is 2.80. The van der Waals surface area contributed by atoms with Crippen LogP contribution in [0.1, 0.15) is 13.8 Å². The molecule has 0 spiro atoms. The molecule has 7 heteroatoms. The Morgan fingerprint density at radius 2 is 1.86 bits per heavy atom. The van der Waals surface area contributed by atoms with Crippen molar-refractivity contribution in [2.45, 2.75) is 19.9 Å². The van der Waals surface area contributed by atoms with Gasteiger partial charge in [0.25, 0.3) is 5.91 Å². The van der Waals surface area contributed by atoms with Gasteiger partial charge in [-0.05, 0) is 26.0 Å². The summed E-state index contributed by atoms with van der Waals surface area (Å²) in [7, 11) is 0. The number of aliphatic carboxylic acids is 1. The van der Waals surface area contributed by atoms with Gasteiger partial charge in [-0.2, -0.15) is 0 Å². The highest BCUT2D eigenvalue weighted by atomic mass is 16.5. The Balaban J connectivity index is 2.38. The van der Waals surface area contributed by atoms with E-state index in [-0.39, 0.29) is 19.2 Å². The first-order valence-corrected chi connectivity index (χ1v) is 6.86. The molecule has 0 atom stereocenters. The lowest BCUT2D eigenvalue weighted by atomic mass is 10.3. The molecule has 120 valence electrons. The Bertz CT molecular complexity index is 516. The van der Waals surface area contributed by atoms with E-state index < -0.39 is 24.3 Å². The smallest absolute Gasteiger partial charge is 0.323 e. The monoisotopic (exact) mass is 308 g/mol. The van der Waals surface area contributed by atoms with Gasteiger partial charge in [0.1, 0.15) is 12.3 Å². The lowest BCUT2D eigenvalue weighted by Gasteiger charge is -2.24. The lowest BCUT2D eigenvalue weighted by Crippen LogP contribution is -2.46. The molecule has 0 bridgehead atoms. The highest BCUT2D eigenvalue weighted by Crippen LogP contribution is 2.07. The van der Waals surface area contributed by atoms with E-state index in [1.807, 2.05) is 6.07 Å². The topological polar surface area (TPSA) is 95.9 Å². The molecule has 7 nitrogen and oxygen atoms in total. The largest absolute Gasteiger partial charge is 0.484 e. The minimum Gasteiger partial charge on any atom is -0.484 e. The Morgan fingerprint density at radius 3 is 2.41 bits per heavy atom. The van der Waals surface area contributed by atoms with Gasteiger partial charge in [0, 0.05) is 6.04 Å². The zero-order valence-corrected chi connectivity index (χ0v) is 12.6. The average Bonchev–Trinajstić information content (AvgIpc) is 2.48. The highest BCUT2D eigenvalue weighted by molar-refractivity contribution is 5.87. The van der Waals surface area contributed by atoms with Crippen molar-refractivity contribution < 1.29 is 24.2 Å². The second-order valence-electron chi connectivity index (χ2n) is 4.89. The minimum atomic E-state index is -1.10. The van der Waals surface area contributed by atoms with Crippen molar-refractivity contribution in [2.75, 3.05) is 19.7 Å². The maximum absolute atomic E-state index is 11.9. The molecule has 0 unspecified atom stereocenters. The van der Waals surface area contributed by atoms with Crippen LogP contribution in [-0.4, -0.2) is 53.5 Å². The van der Waals surface area contributed by atoms with E-state index in [2.05, 4.69) is 5.32 Å². The Hall–Kier alpha value is -2.57. The van der Waals surface area contributed by atoms with E-state index in [9.17, 15) is 14.4 Å². The fourth-order valence-electron chi connectivity index (χ4n) is 1.70. The fraction of sp³-hybridized carbons (Fsp3) is 0.400. The first-order chi connectivity index (χ1) is 10.4. The molecule has 1 aromatic rings. The molecule has 1 aromatic carbocycles. The van der Waals surface area contributed by atoms with Crippen molar-refractivity contribution in [3.05, 3.63) is 30.3 Å². The molecule has 0 fully saturated rings. The van der Waals surface area contributed by atoms with E-state index in [0.29, 0.717) is 5.75 Å². The van der Waals surface area contributed by atoms with Gasteiger partial charge in [0.15, 0.2) is 6.61 Å². The summed E-state index contributed by atoms with van der Waals surface area (Å²) in [6, 6.07) is 8.56. The third-order valence-electron chi connectivity index (χ3n) is 2.80. The second kappa shape index (κ2) is 8.66. The summed E-state index contributed by atoms with van der Waals surface area (Å²) >= 11 is 0. The summed E-state index contributed by atoms with van der Waals surface area (Å²) in [5.41, 5.74) is 0. The molecule has 2 N–H and O–H groups in total. The Kier molecular flexibility index (Phi) is 6.88. The van der Waals surface area contributed by atoms with Crippen molar-refractivity contribution in [1.82, 2.24) is 10.2 Å². The number of amides is 2. The molecule has 0 aromatic heterocycles. The predicted molar refractivity (Wildman–Crippen MR) is 79.4 cm³/mol. The predicted octanol–water partition coefficient (Wildman–Crippen LogP) is 0.503. The van der Waals surface area contributed by atoms with E-state index in [0.717, 1.165) is 0 Å². The van der Waals surface area contributed by atoms with Crippen LogP contribution in [0.25, 0.3) is 0 Å². The third kappa shape index (κ3) is 6.25. The number of rotatable bonds is 8. The van der Waals surface area contributed by atoms with E-state index in [1.165, 1.54) is 4.90 Å². The van der Waals surface area contributed by atoms with Crippen molar-refractivity contribution in [2.24, 2.45) is 0 Å². The molecule has 0 saturated carbocycles. The number of nitrogens with one attached hydrogen (secondary N) is 1. The SMILES string of the molecule is CC(C)N(CC(=O)O)C(=O)CNC(=O)COc1ccccc1. The maximum Gasteiger partial charge on any atom is 0.323 e. The molecular weight excluding hydrogens is 288 g/mol. The number of nitrogens with zero attached hydrogens (tertiary/aromatic N) is 1. The quantitative estimate of drug-likeness (QED) is 0.729. The first kappa shape index (κ1) is 17.5. The molecule has 1 rings (SSSR count). The molecule has 0 heterocycles. The van der Waals surface area contributed by atoms with Gasteiger partial charge in [0.2, 0.25) is 5.91 Å². The standard InChI is InChI=1S/C15H20N2O5/c1-11(2)17(9-15(20)21)14(19)8-16-13(18)10-22-12-6-4-3-5-7-12/h3-7,11H,8-10H2,1-2H3,(H,16,18)(H,20,21). The molecule has 0 aliphatic rings. The summed E-state index contributed by atoms with van der Waals surface area (Å²) in [6.07, 6.45) is 0. The second-order valence-corrected chi connectivity index (χ2v) is 4.89. The van der Waals surface area contributed by atoms with Crippen molar-refractivity contribution in [3.63, 3.8) is 0 Å². The van der Waals surface area contributed by atoms with Crippen LogP contribution in [0.15, 0.2) is 30.3 Å². The van der Waals surface area contributed by atoms with Gasteiger partial charge < -0.3 is 20.1 Å². The highest BCUT2D eigenvalue weighted by Gasteiger charge is 2.20. The zero-order chi connectivity index (χ0) is 16.5. The number of para-hydroxylation sites is 1. The Labute approximate surface area is 128 Å². The number of hydrogen-bond donors (Lipinski definition) is 2. The van der Waals surface area contributed by atoms with Crippen molar-refractivity contribution in [3.8, 4) is 5.75 Å². The van der Waals surface area contributed by atoms with E-state index >= 15 is 0 Å². The molecule has 0 aliphatic carbocycles. The number of carboxylic acids is 1. The van der Waals surface area contributed by atoms with Crippen LogP contribution in [0.4, 0.5) is 0 Å². The maximum atomic E-state index is 11.9. The van der Waals surface area contributed by atoms with Crippen molar-refractivity contribution >= 4 is 17.8 Å². The Morgan fingerprint density at radius 1 is 1.23 bits per heavy atom. The van der Waals surface area contributed by atoms with Crippen LogP contribution >= 0.6 is 0 Å². The molecule has 0 radical (unpaired) electrons. The first-order valence-electron chi connectivity index (χ1n) is 6.86. The number of hydrogen-bond acceptors (Lipinski definition) is 4. The normalized spacial score (nSPS) is 10.1. The van der Waals surface area contributed by atoms with Crippen LogP contribution < -0.4 is 10.1 Å². The van der Waals surface area contributed by atoms with Gasteiger partial charge >= 0.3 is 5.97 Å². The summed E-state index contributed by atoms with van der Waals surface area (Å²) in [5.74, 6) is -1.44. The van der Waals surface area contributed by atoms with E-state index in [4.69, 9.17) is 9.84 Å². The van der Waals surface area contributed by atoms with Gasteiger partial charge in [-0.15, -0.1) is 0 Å². The molecule has 0 saturated heterocycles. The summed E-state index contributed by atoms with van der Waals surface area (Å²) < 4.78 is 5.24. The lowest BCUT2D eigenvalue weighted by molar-refractivity contribution is -0.145.